The maximum absolute atomic E-state index is 13.5. The molecule has 2 nitrogen and oxygen atoms in total. The van der Waals surface area contributed by atoms with Crippen molar-refractivity contribution < 1.29 is 4.39 Å². The van der Waals surface area contributed by atoms with Crippen LogP contribution in [-0.4, -0.2) is 4.98 Å². The molecule has 0 aliphatic rings. The summed E-state index contributed by atoms with van der Waals surface area (Å²) in [6.45, 7) is 3.70. The van der Waals surface area contributed by atoms with Gasteiger partial charge in [-0.1, -0.05) is 13.0 Å². The van der Waals surface area contributed by atoms with Gasteiger partial charge in [0, 0.05) is 17.1 Å². The molecule has 0 saturated carbocycles. The molecule has 0 radical (unpaired) electrons. The van der Waals surface area contributed by atoms with E-state index in [-0.39, 0.29) is 11.4 Å². The fourth-order valence-corrected chi connectivity index (χ4v) is 1.97. The van der Waals surface area contributed by atoms with Gasteiger partial charge >= 0.3 is 0 Å². The van der Waals surface area contributed by atoms with Crippen LogP contribution in [0, 0.1) is 12.7 Å². The number of halogens is 1. The molecular weight excluding hydrogens is 193 g/mol. The van der Waals surface area contributed by atoms with Gasteiger partial charge in [-0.05, 0) is 30.4 Å². The topological polar surface area (TPSA) is 32.9 Å². The SMILES string of the molecule is CCc1c(F)ccc2cc(=O)[nH]c(C)c12. The smallest absolute Gasteiger partial charge is 0.248 e. The molecule has 0 atom stereocenters. The minimum absolute atomic E-state index is 0.145. The highest BCUT2D eigenvalue weighted by atomic mass is 19.1. The molecule has 1 heterocycles. The average molecular weight is 205 g/mol. The third-order valence-electron chi connectivity index (χ3n) is 2.61. The minimum atomic E-state index is -0.208. The number of hydrogen-bond donors (Lipinski definition) is 1. The lowest BCUT2D eigenvalue weighted by molar-refractivity contribution is 0.615. The lowest BCUT2D eigenvalue weighted by atomic mass is 10.0. The lowest BCUT2D eigenvalue weighted by Gasteiger charge is -2.08. The quantitative estimate of drug-likeness (QED) is 0.762. The number of pyridine rings is 1. The summed E-state index contributed by atoms with van der Waals surface area (Å²) in [4.78, 5) is 13.9. The molecule has 0 bridgehead atoms. The Bertz CT molecular complexity index is 572. The van der Waals surface area contributed by atoms with E-state index in [1.165, 1.54) is 12.1 Å². The van der Waals surface area contributed by atoms with E-state index in [9.17, 15) is 9.18 Å². The lowest BCUT2D eigenvalue weighted by Crippen LogP contribution is -2.07. The number of H-pyrrole nitrogens is 1. The third-order valence-corrected chi connectivity index (χ3v) is 2.61. The fraction of sp³-hybridized carbons (Fsp3) is 0.250. The average Bonchev–Trinajstić information content (AvgIpc) is 2.18. The van der Waals surface area contributed by atoms with Crippen molar-refractivity contribution in [3.8, 4) is 0 Å². The van der Waals surface area contributed by atoms with Crippen molar-refractivity contribution in [3.63, 3.8) is 0 Å². The van der Waals surface area contributed by atoms with Crippen LogP contribution < -0.4 is 5.56 Å². The maximum Gasteiger partial charge on any atom is 0.248 e. The molecule has 0 saturated heterocycles. The van der Waals surface area contributed by atoms with Crippen molar-refractivity contribution in [1.29, 1.82) is 0 Å². The first-order valence-corrected chi connectivity index (χ1v) is 4.94. The summed E-state index contributed by atoms with van der Waals surface area (Å²) >= 11 is 0. The minimum Gasteiger partial charge on any atom is -0.326 e. The molecule has 1 aromatic heterocycles. The summed E-state index contributed by atoms with van der Waals surface area (Å²) in [6, 6.07) is 4.56. The van der Waals surface area contributed by atoms with Crippen molar-refractivity contribution in [2.75, 3.05) is 0 Å². The van der Waals surface area contributed by atoms with Crippen molar-refractivity contribution in [2.45, 2.75) is 20.3 Å². The molecule has 0 amide bonds. The number of aromatic amines is 1. The van der Waals surface area contributed by atoms with Gasteiger partial charge in [0.2, 0.25) is 5.56 Å². The Morgan fingerprint density at radius 3 is 2.80 bits per heavy atom. The van der Waals surface area contributed by atoms with E-state index in [4.69, 9.17) is 0 Å². The Morgan fingerprint density at radius 1 is 1.40 bits per heavy atom. The Kier molecular flexibility index (Phi) is 2.31. The van der Waals surface area contributed by atoms with Crippen molar-refractivity contribution in [1.82, 2.24) is 4.98 Å². The van der Waals surface area contributed by atoms with Gasteiger partial charge in [0.05, 0.1) is 0 Å². The predicted octanol–water partition coefficient (Wildman–Crippen LogP) is 2.54. The molecule has 0 fully saturated rings. The molecule has 0 aliphatic heterocycles. The van der Waals surface area contributed by atoms with E-state index < -0.39 is 0 Å². The first-order valence-electron chi connectivity index (χ1n) is 4.94. The highest BCUT2D eigenvalue weighted by Gasteiger charge is 2.08. The van der Waals surface area contributed by atoms with Gasteiger partial charge in [-0.25, -0.2) is 4.39 Å². The molecule has 2 rings (SSSR count). The Balaban J connectivity index is 2.98. The summed E-state index contributed by atoms with van der Waals surface area (Å²) in [5, 5.41) is 1.63. The Labute approximate surface area is 86.8 Å². The van der Waals surface area contributed by atoms with Gasteiger partial charge in [-0.15, -0.1) is 0 Å². The Hall–Kier alpha value is -1.64. The van der Waals surface area contributed by atoms with Crippen LogP contribution in [0.2, 0.25) is 0 Å². The standard InChI is InChI=1S/C12H12FNO/c1-3-9-10(13)5-4-8-6-11(15)14-7(2)12(8)9/h4-6H,3H2,1-2H3,(H,14,15). The zero-order chi connectivity index (χ0) is 11.0. The molecular formula is C12H12FNO. The normalized spacial score (nSPS) is 10.9. The van der Waals surface area contributed by atoms with E-state index in [2.05, 4.69) is 4.98 Å². The number of benzene rings is 1. The van der Waals surface area contributed by atoms with E-state index in [1.54, 1.807) is 13.0 Å². The van der Waals surface area contributed by atoms with E-state index in [1.807, 2.05) is 6.92 Å². The molecule has 3 heteroatoms. The van der Waals surface area contributed by atoms with Gasteiger partial charge in [0.15, 0.2) is 0 Å². The summed E-state index contributed by atoms with van der Waals surface area (Å²) in [5.41, 5.74) is 1.25. The molecule has 0 aliphatic carbocycles. The molecule has 1 aromatic carbocycles. The van der Waals surface area contributed by atoms with Crippen LogP contribution in [0.1, 0.15) is 18.2 Å². The van der Waals surface area contributed by atoms with Crippen LogP contribution in [0.25, 0.3) is 10.8 Å². The highest BCUT2D eigenvalue weighted by Crippen LogP contribution is 2.22. The summed E-state index contributed by atoms with van der Waals surface area (Å²) in [6.07, 6.45) is 0.621. The number of rotatable bonds is 1. The van der Waals surface area contributed by atoms with Crippen LogP contribution in [0.4, 0.5) is 4.39 Å². The van der Waals surface area contributed by atoms with Crippen LogP contribution in [0.5, 0.6) is 0 Å². The van der Waals surface area contributed by atoms with Crippen LogP contribution in [0.15, 0.2) is 23.0 Å². The van der Waals surface area contributed by atoms with Gasteiger partial charge in [0.25, 0.3) is 0 Å². The largest absolute Gasteiger partial charge is 0.326 e. The zero-order valence-electron chi connectivity index (χ0n) is 8.73. The van der Waals surface area contributed by atoms with Crippen LogP contribution in [-0.2, 0) is 6.42 Å². The van der Waals surface area contributed by atoms with E-state index in [0.717, 1.165) is 16.5 Å². The number of aromatic nitrogens is 1. The third kappa shape index (κ3) is 1.54. The van der Waals surface area contributed by atoms with Gasteiger partial charge < -0.3 is 4.98 Å². The predicted molar refractivity (Wildman–Crippen MR) is 58.6 cm³/mol. The number of aryl methyl sites for hydroxylation is 2. The molecule has 0 unspecified atom stereocenters. The summed E-state index contributed by atoms with van der Waals surface area (Å²) < 4.78 is 13.5. The van der Waals surface area contributed by atoms with Gasteiger partial charge in [0.1, 0.15) is 5.82 Å². The molecule has 1 N–H and O–H groups in total. The van der Waals surface area contributed by atoms with Crippen LogP contribution >= 0.6 is 0 Å². The number of hydrogen-bond acceptors (Lipinski definition) is 1. The summed E-state index contributed by atoms with van der Waals surface area (Å²) in [7, 11) is 0. The highest BCUT2D eigenvalue weighted by molar-refractivity contribution is 5.87. The van der Waals surface area contributed by atoms with Crippen molar-refractivity contribution in [2.24, 2.45) is 0 Å². The van der Waals surface area contributed by atoms with Crippen LogP contribution in [0.3, 0.4) is 0 Å². The van der Waals surface area contributed by atoms with Gasteiger partial charge in [-0.3, -0.25) is 4.79 Å². The molecule has 78 valence electrons. The van der Waals surface area contributed by atoms with E-state index >= 15 is 0 Å². The molecule has 2 aromatic rings. The monoisotopic (exact) mass is 205 g/mol. The fourth-order valence-electron chi connectivity index (χ4n) is 1.97. The van der Waals surface area contributed by atoms with Crippen molar-refractivity contribution >= 4 is 10.8 Å². The second-order valence-electron chi connectivity index (χ2n) is 3.60. The molecule has 15 heavy (non-hydrogen) atoms. The first kappa shape index (κ1) is 9.90. The maximum atomic E-state index is 13.5. The van der Waals surface area contributed by atoms with Gasteiger partial charge in [-0.2, -0.15) is 0 Å². The second-order valence-corrected chi connectivity index (χ2v) is 3.60. The van der Waals surface area contributed by atoms with Crippen molar-refractivity contribution in [3.05, 3.63) is 45.6 Å². The molecule has 0 spiro atoms. The van der Waals surface area contributed by atoms with E-state index in [0.29, 0.717) is 12.0 Å². The first-order chi connectivity index (χ1) is 7.13. The zero-order valence-corrected chi connectivity index (χ0v) is 8.73. The number of fused-ring (bicyclic) bond motifs is 1. The number of nitrogens with one attached hydrogen (secondary N) is 1. The second kappa shape index (κ2) is 3.50. The summed E-state index contributed by atoms with van der Waals surface area (Å²) in [5.74, 6) is -0.208. The Morgan fingerprint density at radius 2 is 2.13 bits per heavy atom.